The first kappa shape index (κ1) is 29.6. The lowest BCUT2D eigenvalue weighted by Crippen LogP contribution is -2.32. The normalized spacial score (nSPS) is 16.7. The Morgan fingerprint density at radius 1 is 1.07 bits per heavy atom. The van der Waals surface area contributed by atoms with E-state index in [0.717, 1.165) is 28.8 Å². The van der Waals surface area contributed by atoms with E-state index in [1.54, 1.807) is 23.2 Å². The number of anilines is 1. The van der Waals surface area contributed by atoms with Crippen molar-refractivity contribution in [1.29, 1.82) is 0 Å². The number of hydrogen-bond donors (Lipinski definition) is 1. The third kappa shape index (κ3) is 6.15. The number of aryl methyl sites for hydroxylation is 1. The number of carbonyl (C=O) groups is 1. The fourth-order valence-electron chi connectivity index (χ4n) is 5.62. The summed E-state index contributed by atoms with van der Waals surface area (Å²) in [6, 6.07) is 16.0. The molecular formula is C32H34F2N4O3S. The van der Waals surface area contributed by atoms with E-state index in [1.807, 2.05) is 42.9 Å². The third-order valence-electron chi connectivity index (χ3n) is 8.03. The summed E-state index contributed by atoms with van der Waals surface area (Å²) in [6.45, 7) is 6.25. The smallest absolute Gasteiger partial charge is 0.241 e. The van der Waals surface area contributed by atoms with Crippen LogP contribution in [0.25, 0.3) is 0 Å². The fraction of sp³-hybridized carbons (Fsp3) is 0.312. The van der Waals surface area contributed by atoms with Crippen LogP contribution in [0.4, 0.5) is 14.5 Å². The van der Waals surface area contributed by atoms with Crippen LogP contribution in [-0.4, -0.2) is 23.9 Å². The van der Waals surface area contributed by atoms with Gasteiger partial charge < -0.3 is 9.47 Å². The van der Waals surface area contributed by atoms with E-state index in [1.165, 1.54) is 24.3 Å². The zero-order valence-electron chi connectivity index (χ0n) is 24.0. The molecule has 1 aromatic heterocycles. The number of benzene rings is 3. The number of amides is 1. The molecule has 3 aromatic carbocycles. The lowest BCUT2D eigenvalue weighted by molar-refractivity contribution is -0.119. The zero-order chi connectivity index (χ0) is 30.2. The summed E-state index contributed by atoms with van der Waals surface area (Å²) in [5, 5.41) is 0. The number of hydrogen-bond acceptors (Lipinski definition) is 4. The minimum absolute atomic E-state index is 0.0207. The second-order valence-corrected chi connectivity index (χ2v) is 13.3. The van der Waals surface area contributed by atoms with E-state index >= 15 is 0 Å². The quantitative estimate of drug-likeness (QED) is 0.254. The Morgan fingerprint density at radius 3 is 2.33 bits per heavy atom. The van der Waals surface area contributed by atoms with Gasteiger partial charge in [0, 0.05) is 37.6 Å². The minimum Gasteiger partial charge on any atom is -0.337 e. The summed E-state index contributed by atoms with van der Waals surface area (Å²) in [4.78, 5) is 19.9. The number of sulfonamides is 1. The highest BCUT2D eigenvalue weighted by molar-refractivity contribution is 7.89. The minimum atomic E-state index is -3.94. The molecule has 10 heteroatoms. The number of carbonyl (C=O) groups excluding carboxylic acids is 1. The molecule has 0 fully saturated rings. The van der Waals surface area contributed by atoms with Crippen molar-refractivity contribution in [1.82, 2.24) is 14.3 Å². The van der Waals surface area contributed by atoms with E-state index in [-0.39, 0.29) is 40.9 Å². The highest BCUT2D eigenvalue weighted by atomic mass is 32.2. The van der Waals surface area contributed by atoms with E-state index in [2.05, 4.69) is 23.6 Å². The maximum absolute atomic E-state index is 13.9. The first-order chi connectivity index (χ1) is 19.8. The van der Waals surface area contributed by atoms with E-state index < -0.39 is 21.9 Å². The van der Waals surface area contributed by atoms with Crippen molar-refractivity contribution in [3.63, 3.8) is 0 Å². The second-order valence-electron chi connectivity index (χ2n) is 11.6. The highest BCUT2D eigenvalue weighted by Gasteiger charge is 2.39. The van der Waals surface area contributed by atoms with Crippen LogP contribution in [0.2, 0.25) is 0 Å². The molecule has 4 aromatic rings. The molecule has 0 saturated heterocycles. The number of fused-ring (bicyclic) bond motifs is 1. The van der Waals surface area contributed by atoms with Crippen LogP contribution in [0.3, 0.4) is 0 Å². The van der Waals surface area contributed by atoms with Crippen LogP contribution in [0, 0.1) is 11.6 Å². The molecule has 1 heterocycles. The first-order valence-corrected chi connectivity index (χ1v) is 15.3. The molecule has 1 aliphatic carbocycles. The fourth-order valence-corrected chi connectivity index (χ4v) is 6.84. The van der Waals surface area contributed by atoms with Gasteiger partial charge >= 0.3 is 0 Å². The van der Waals surface area contributed by atoms with Gasteiger partial charge in [0.25, 0.3) is 0 Å². The van der Waals surface area contributed by atoms with Crippen molar-refractivity contribution < 1.29 is 22.0 Å². The summed E-state index contributed by atoms with van der Waals surface area (Å²) >= 11 is 0. The Morgan fingerprint density at radius 2 is 1.71 bits per heavy atom. The van der Waals surface area contributed by atoms with Gasteiger partial charge in [-0.3, -0.25) is 4.79 Å². The molecule has 1 amide bonds. The van der Waals surface area contributed by atoms with E-state index in [4.69, 9.17) is 0 Å². The van der Waals surface area contributed by atoms with Crippen LogP contribution in [0.15, 0.2) is 84.0 Å². The summed E-state index contributed by atoms with van der Waals surface area (Å²) < 4.78 is 58.1. The summed E-state index contributed by atoms with van der Waals surface area (Å²) in [7, 11) is -2.08. The Labute approximate surface area is 245 Å². The predicted molar refractivity (Wildman–Crippen MR) is 157 cm³/mol. The molecule has 42 heavy (non-hydrogen) atoms. The Hall–Kier alpha value is -3.89. The molecule has 1 N–H and O–H groups in total. The molecule has 5 rings (SSSR count). The Balaban J connectivity index is 1.48. The van der Waals surface area contributed by atoms with E-state index in [0.29, 0.717) is 17.9 Å². The largest absolute Gasteiger partial charge is 0.337 e. The maximum Gasteiger partial charge on any atom is 0.241 e. The molecule has 0 aliphatic heterocycles. The molecule has 0 spiro atoms. The molecule has 2 atom stereocenters. The second kappa shape index (κ2) is 11.4. The van der Waals surface area contributed by atoms with Crippen LogP contribution < -0.4 is 9.62 Å². The Bertz CT molecular complexity index is 1700. The van der Waals surface area contributed by atoms with Crippen LogP contribution in [0.1, 0.15) is 68.1 Å². The lowest BCUT2D eigenvalue weighted by atomic mass is 9.86. The molecule has 0 bridgehead atoms. The summed E-state index contributed by atoms with van der Waals surface area (Å²) in [5.74, 6) is -0.468. The van der Waals surface area contributed by atoms with Gasteiger partial charge in [0.2, 0.25) is 15.9 Å². The zero-order valence-corrected chi connectivity index (χ0v) is 24.8. The number of rotatable bonds is 9. The van der Waals surface area contributed by atoms with Gasteiger partial charge in [-0.1, -0.05) is 39.0 Å². The molecule has 0 saturated carbocycles. The van der Waals surface area contributed by atoms with Crippen molar-refractivity contribution in [3.05, 3.63) is 113 Å². The number of nitrogens with one attached hydrogen (secondary N) is 1. The molecule has 0 unspecified atom stereocenters. The first-order valence-electron chi connectivity index (χ1n) is 13.8. The van der Waals surface area contributed by atoms with Gasteiger partial charge in [0.15, 0.2) is 0 Å². The van der Waals surface area contributed by atoms with Crippen molar-refractivity contribution in [2.75, 3.05) is 4.90 Å². The van der Waals surface area contributed by atoms with Crippen molar-refractivity contribution in [2.45, 2.75) is 62.4 Å². The molecule has 7 nitrogen and oxygen atoms in total. The third-order valence-corrected chi connectivity index (χ3v) is 9.52. The molecular weight excluding hydrogens is 558 g/mol. The monoisotopic (exact) mass is 592 g/mol. The number of imidazole rings is 1. The van der Waals surface area contributed by atoms with Gasteiger partial charge in [-0.15, -0.1) is 0 Å². The molecule has 0 radical (unpaired) electrons. The molecule has 220 valence electrons. The Kier molecular flexibility index (Phi) is 8.04. The van der Waals surface area contributed by atoms with Crippen molar-refractivity contribution in [2.24, 2.45) is 7.05 Å². The number of aromatic nitrogens is 2. The molecule has 1 aliphatic rings. The van der Waals surface area contributed by atoms with Crippen molar-refractivity contribution in [3.8, 4) is 0 Å². The summed E-state index contributed by atoms with van der Waals surface area (Å²) in [6.07, 6.45) is 4.18. The standard InChI is InChI=1S/C32H34F2N4O3S/c1-21(22-5-7-23(33)8-6-22)17-31(39)38(20-30-35-15-16-37(30)4)25-11-14-28-27(18-25)29(19-32(28,2)3)36-42(40,41)26-12-9-24(34)10-13-26/h5-16,18,21,29,36H,17,19-20H2,1-4H3/t21-,29+/m0/s1. The van der Waals surface area contributed by atoms with Crippen LogP contribution in [0.5, 0.6) is 0 Å². The average Bonchev–Trinajstić information content (AvgIpc) is 3.45. The number of halogens is 2. The average molecular weight is 593 g/mol. The van der Waals surface area contributed by atoms with E-state index in [9.17, 15) is 22.0 Å². The van der Waals surface area contributed by atoms with Crippen LogP contribution >= 0.6 is 0 Å². The number of nitrogens with zero attached hydrogens (tertiary/aromatic N) is 3. The lowest BCUT2D eigenvalue weighted by Gasteiger charge is -2.26. The van der Waals surface area contributed by atoms with Gasteiger partial charge in [0.1, 0.15) is 17.5 Å². The topological polar surface area (TPSA) is 84.3 Å². The highest BCUT2D eigenvalue weighted by Crippen LogP contribution is 2.46. The van der Waals surface area contributed by atoms with Crippen LogP contribution in [-0.2, 0) is 33.8 Å². The predicted octanol–water partition coefficient (Wildman–Crippen LogP) is 6.13. The maximum atomic E-state index is 13.9. The van der Waals surface area contributed by atoms with Gasteiger partial charge in [-0.2, -0.15) is 0 Å². The SMILES string of the molecule is C[C@@H](CC(=O)N(Cc1nccn1C)c1ccc2c(c1)[C@H](NS(=O)(=O)c1ccc(F)cc1)CC2(C)C)c1ccc(F)cc1. The van der Waals surface area contributed by atoms with Gasteiger partial charge in [0.05, 0.1) is 11.4 Å². The van der Waals surface area contributed by atoms with Gasteiger partial charge in [-0.25, -0.2) is 26.9 Å². The summed E-state index contributed by atoms with van der Waals surface area (Å²) in [5.41, 5.74) is 2.93. The van der Waals surface area contributed by atoms with Crippen molar-refractivity contribution >= 4 is 21.6 Å². The van der Waals surface area contributed by atoms with Gasteiger partial charge in [-0.05, 0) is 83.0 Å².